The van der Waals surface area contributed by atoms with Crippen LogP contribution in [0.4, 0.5) is 10.2 Å². The lowest BCUT2D eigenvalue weighted by Crippen LogP contribution is -2.42. The Kier molecular flexibility index (Phi) is 6.35. The van der Waals surface area contributed by atoms with Crippen molar-refractivity contribution < 1.29 is 13.9 Å². The van der Waals surface area contributed by atoms with Gasteiger partial charge in [0.2, 0.25) is 0 Å². The maximum atomic E-state index is 14.1. The van der Waals surface area contributed by atoms with Gasteiger partial charge in [0.15, 0.2) is 11.6 Å². The minimum Gasteiger partial charge on any atom is -0.451 e. The zero-order valence-electron chi connectivity index (χ0n) is 19.5. The number of ether oxygens (including phenoxy) is 1. The number of carbonyl (C=O) groups is 1. The van der Waals surface area contributed by atoms with Gasteiger partial charge < -0.3 is 14.5 Å². The average Bonchev–Trinajstić information content (AvgIpc) is 3.39. The molecule has 1 aromatic heterocycles. The molecule has 1 amide bonds. The minimum atomic E-state index is -0.472. The van der Waals surface area contributed by atoms with Gasteiger partial charge in [0.25, 0.3) is 5.91 Å². The van der Waals surface area contributed by atoms with Gasteiger partial charge in [-0.2, -0.15) is 0 Å². The van der Waals surface area contributed by atoms with Gasteiger partial charge in [-0.15, -0.1) is 0 Å². The van der Waals surface area contributed by atoms with Gasteiger partial charge >= 0.3 is 0 Å². The molecular weight excluding hydrogens is 407 g/mol. The Labute approximate surface area is 189 Å². The van der Waals surface area contributed by atoms with E-state index in [-0.39, 0.29) is 23.6 Å². The molecule has 2 aliphatic rings. The third-order valence-corrected chi connectivity index (χ3v) is 6.80. The van der Waals surface area contributed by atoms with Gasteiger partial charge in [0.05, 0.1) is 11.8 Å². The number of hydrogen-bond donors (Lipinski definition) is 0. The molecule has 1 spiro atoms. The number of anilines is 1. The largest absolute Gasteiger partial charge is 0.451 e. The first-order chi connectivity index (χ1) is 15.3. The van der Waals surface area contributed by atoms with E-state index in [1.165, 1.54) is 50.2 Å². The summed E-state index contributed by atoms with van der Waals surface area (Å²) in [7, 11) is 0. The van der Waals surface area contributed by atoms with E-state index in [0.717, 1.165) is 25.3 Å². The summed E-state index contributed by atoms with van der Waals surface area (Å²) in [5, 5.41) is 0. The second-order valence-corrected chi connectivity index (χ2v) is 9.73. The number of benzene rings is 1. The van der Waals surface area contributed by atoms with E-state index in [1.807, 2.05) is 27.7 Å². The molecular formula is C25H33FN4O2. The predicted octanol–water partition coefficient (Wildman–Crippen LogP) is 5.44. The van der Waals surface area contributed by atoms with Crippen molar-refractivity contribution >= 4 is 11.7 Å². The summed E-state index contributed by atoms with van der Waals surface area (Å²) in [6, 6.07) is 4.03. The van der Waals surface area contributed by atoms with E-state index in [9.17, 15) is 9.18 Å². The lowest BCUT2D eigenvalue weighted by Gasteiger charge is -2.31. The molecule has 1 aliphatic heterocycles. The first-order valence-electron chi connectivity index (χ1n) is 11.6. The summed E-state index contributed by atoms with van der Waals surface area (Å²) in [6.45, 7) is 9.70. The normalized spacial score (nSPS) is 17.5. The van der Waals surface area contributed by atoms with Gasteiger partial charge in [-0.1, -0.05) is 12.8 Å². The number of amides is 1. The Balaban J connectivity index is 1.64. The highest BCUT2D eigenvalue weighted by molar-refractivity contribution is 5.97. The highest BCUT2D eigenvalue weighted by Gasteiger charge is 2.41. The maximum absolute atomic E-state index is 14.1. The van der Waals surface area contributed by atoms with Gasteiger partial charge in [-0.25, -0.2) is 14.4 Å². The molecule has 6 nitrogen and oxygen atoms in total. The molecule has 1 saturated carbocycles. The standard InChI is InChI=1S/C25H33FN4O2/c1-17(2)30(18(3)4)24(31)20-13-19(26)7-8-21(20)32-22-14-27-16-28-23(22)29-12-11-25(15-29)9-5-6-10-25/h7-8,13-14,16-18H,5-6,9-12,15H2,1-4H3. The molecule has 172 valence electrons. The lowest BCUT2D eigenvalue weighted by atomic mass is 9.86. The summed E-state index contributed by atoms with van der Waals surface area (Å²) in [5.41, 5.74) is 0.588. The van der Waals surface area contributed by atoms with E-state index >= 15 is 0 Å². The van der Waals surface area contributed by atoms with Gasteiger partial charge in [-0.3, -0.25) is 4.79 Å². The molecule has 7 heteroatoms. The number of carbonyl (C=O) groups excluding carboxylic acids is 1. The Bertz CT molecular complexity index is 964. The Morgan fingerprint density at radius 3 is 2.53 bits per heavy atom. The molecule has 0 unspecified atom stereocenters. The molecule has 1 aromatic carbocycles. The predicted molar refractivity (Wildman–Crippen MR) is 123 cm³/mol. The van der Waals surface area contributed by atoms with E-state index in [1.54, 1.807) is 11.1 Å². The Morgan fingerprint density at radius 2 is 1.84 bits per heavy atom. The molecule has 0 atom stereocenters. The van der Waals surface area contributed by atoms with Gasteiger partial charge in [0.1, 0.15) is 17.9 Å². The lowest BCUT2D eigenvalue weighted by molar-refractivity contribution is 0.0640. The highest BCUT2D eigenvalue weighted by atomic mass is 19.1. The van der Waals surface area contributed by atoms with Crippen LogP contribution in [0.2, 0.25) is 0 Å². The van der Waals surface area contributed by atoms with Crippen molar-refractivity contribution in [2.75, 3.05) is 18.0 Å². The smallest absolute Gasteiger partial charge is 0.258 e. The molecule has 0 bridgehead atoms. The van der Waals surface area contributed by atoms with Crippen LogP contribution in [0.1, 0.15) is 70.2 Å². The number of nitrogens with zero attached hydrogens (tertiary/aromatic N) is 4. The van der Waals surface area contributed by atoms with Crippen molar-refractivity contribution in [2.24, 2.45) is 5.41 Å². The second kappa shape index (κ2) is 9.04. The van der Waals surface area contributed by atoms with E-state index in [4.69, 9.17) is 4.74 Å². The monoisotopic (exact) mass is 440 g/mol. The number of aromatic nitrogens is 2. The number of halogens is 1. The fourth-order valence-corrected chi connectivity index (χ4v) is 5.35. The van der Waals surface area contributed by atoms with Crippen LogP contribution < -0.4 is 9.64 Å². The van der Waals surface area contributed by atoms with Crippen LogP contribution in [0.25, 0.3) is 0 Å². The van der Waals surface area contributed by atoms with E-state index in [2.05, 4.69) is 14.9 Å². The van der Waals surface area contributed by atoms with Crippen LogP contribution >= 0.6 is 0 Å². The van der Waals surface area contributed by atoms with Crippen LogP contribution in [-0.2, 0) is 0 Å². The summed E-state index contributed by atoms with van der Waals surface area (Å²) < 4.78 is 20.4. The van der Waals surface area contributed by atoms with Crippen LogP contribution in [0.15, 0.2) is 30.7 Å². The fraction of sp³-hybridized carbons (Fsp3) is 0.560. The van der Waals surface area contributed by atoms with Crippen molar-refractivity contribution in [3.05, 3.63) is 42.1 Å². The topological polar surface area (TPSA) is 58.6 Å². The zero-order valence-corrected chi connectivity index (χ0v) is 19.5. The second-order valence-electron chi connectivity index (χ2n) is 9.73. The highest BCUT2D eigenvalue weighted by Crippen LogP contribution is 2.47. The number of hydrogen-bond acceptors (Lipinski definition) is 5. The molecule has 1 aliphatic carbocycles. The zero-order chi connectivity index (χ0) is 22.9. The molecule has 2 aromatic rings. The molecule has 0 radical (unpaired) electrons. The first-order valence-corrected chi connectivity index (χ1v) is 11.6. The van der Waals surface area contributed by atoms with Crippen molar-refractivity contribution in [1.29, 1.82) is 0 Å². The van der Waals surface area contributed by atoms with Crippen LogP contribution in [-0.4, -0.2) is 45.9 Å². The van der Waals surface area contributed by atoms with Crippen molar-refractivity contribution in [3.8, 4) is 11.5 Å². The molecule has 2 heterocycles. The summed E-state index contributed by atoms with van der Waals surface area (Å²) >= 11 is 0. The molecule has 4 rings (SSSR count). The molecule has 1 saturated heterocycles. The van der Waals surface area contributed by atoms with Gasteiger partial charge in [0, 0.05) is 25.2 Å². The van der Waals surface area contributed by atoms with E-state index in [0.29, 0.717) is 16.9 Å². The fourth-order valence-electron chi connectivity index (χ4n) is 5.35. The van der Waals surface area contributed by atoms with Crippen LogP contribution in [0, 0.1) is 11.2 Å². The van der Waals surface area contributed by atoms with Crippen molar-refractivity contribution in [2.45, 2.75) is 71.9 Å². The third-order valence-electron chi connectivity index (χ3n) is 6.80. The summed E-state index contributed by atoms with van der Waals surface area (Å²) in [6.07, 6.45) is 9.44. The quantitative estimate of drug-likeness (QED) is 0.599. The first kappa shape index (κ1) is 22.5. The summed E-state index contributed by atoms with van der Waals surface area (Å²) in [4.78, 5) is 26.0. The van der Waals surface area contributed by atoms with Crippen LogP contribution in [0.5, 0.6) is 11.5 Å². The molecule has 0 N–H and O–H groups in total. The van der Waals surface area contributed by atoms with Crippen LogP contribution in [0.3, 0.4) is 0 Å². The number of rotatable bonds is 6. The minimum absolute atomic E-state index is 0.0264. The third kappa shape index (κ3) is 4.43. The maximum Gasteiger partial charge on any atom is 0.258 e. The molecule has 32 heavy (non-hydrogen) atoms. The molecule has 2 fully saturated rings. The Morgan fingerprint density at radius 1 is 1.12 bits per heavy atom. The van der Waals surface area contributed by atoms with Crippen molar-refractivity contribution in [1.82, 2.24) is 14.9 Å². The van der Waals surface area contributed by atoms with E-state index < -0.39 is 5.82 Å². The SMILES string of the molecule is CC(C)N(C(=O)c1cc(F)ccc1Oc1cncnc1N1CCC2(CCCC2)C1)C(C)C. The average molecular weight is 441 g/mol. The summed E-state index contributed by atoms with van der Waals surface area (Å²) in [5.74, 6) is 0.808. The Hall–Kier alpha value is -2.70. The van der Waals surface area contributed by atoms with Crippen molar-refractivity contribution in [3.63, 3.8) is 0 Å². The van der Waals surface area contributed by atoms with Gasteiger partial charge in [-0.05, 0) is 70.6 Å².